The number of urea groups is 1. The number of rotatable bonds is 2. The van der Waals surface area contributed by atoms with Gasteiger partial charge >= 0.3 is 6.03 Å². The van der Waals surface area contributed by atoms with Crippen LogP contribution >= 0.6 is 0 Å². The Morgan fingerprint density at radius 3 is 2.67 bits per heavy atom. The van der Waals surface area contributed by atoms with Crippen molar-refractivity contribution in [3.05, 3.63) is 35.5 Å². The molecule has 1 fully saturated rings. The van der Waals surface area contributed by atoms with E-state index in [-0.39, 0.29) is 6.03 Å². The van der Waals surface area contributed by atoms with Gasteiger partial charge in [0.1, 0.15) is 0 Å². The van der Waals surface area contributed by atoms with Gasteiger partial charge < -0.3 is 15.2 Å². The van der Waals surface area contributed by atoms with E-state index in [0.717, 1.165) is 37.1 Å². The molecular weight excluding hydrogens is 262 g/mol. The van der Waals surface area contributed by atoms with Crippen LogP contribution in [0.1, 0.15) is 37.9 Å². The number of amides is 2. The van der Waals surface area contributed by atoms with E-state index in [1.54, 1.807) is 0 Å². The molecule has 0 spiro atoms. The average Bonchev–Trinajstić information content (AvgIpc) is 3.15. The minimum atomic E-state index is 0.0485. The van der Waals surface area contributed by atoms with Gasteiger partial charge in [-0.2, -0.15) is 0 Å². The number of carbonyl (C=O) groups is 1. The molecule has 2 amide bonds. The Bertz CT molecular complexity index is 597. The molecule has 0 radical (unpaired) electrons. The van der Waals surface area contributed by atoms with Gasteiger partial charge in [0.05, 0.1) is 6.54 Å². The number of H-pyrrole nitrogens is 1. The van der Waals surface area contributed by atoms with E-state index in [4.69, 9.17) is 0 Å². The summed E-state index contributed by atoms with van der Waals surface area (Å²) in [5.74, 6) is 0. The number of hydrogen-bond donors (Lipinski definition) is 2. The van der Waals surface area contributed by atoms with Gasteiger partial charge in [-0.05, 0) is 42.8 Å². The molecule has 2 N–H and O–H groups in total. The number of benzene rings is 1. The number of likely N-dealkylation sites (tertiary alicyclic amines) is 1. The summed E-state index contributed by atoms with van der Waals surface area (Å²) in [6.45, 7) is 8.41. The van der Waals surface area contributed by atoms with Crippen LogP contribution in [0.3, 0.4) is 0 Å². The van der Waals surface area contributed by atoms with Gasteiger partial charge in [0, 0.05) is 24.3 Å². The number of carbonyl (C=O) groups excluding carboxylic acids is 1. The number of aromatic nitrogens is 1. The number of aromatic amines is 1. The van der Waals surface area contributed by atoms with Crippen molar-refractivity contribution in [2.75, 3.05) is 13.1 Å². The normalized spacial score (nSPS) is 14.0. The van der Waals surface area contributed by atoms with Gasteiger partial charge in [0.2, 0.25) is 0 Å². The van der Waals surface area contributed by atoms with Crippen molar-refractivity contribution in [2.45, 2.75) is 40.2 Å². The molecule has 2 heterocycles. The van der Waals surface area contributed by atoms with Crippen LogP contribution in [0.2, 0.25) is 0 Å². The topological polar surface area (TPSA) is 48.1 Å². The molecule has 1 aliphatic heterocycles. The van der Waals surface area contributed by atoms with Gasteiger partial charge in [-0.3, -0.25) is 0 Å². The Labute approximate surface area is 126 Å². The third kappa shape index (κ3) is 3.78. The Kier molecular flexibility index (Phi) is 5.26. The van der Waals surface area contributed by atoms with E-state index in [1.807, 2.05) is 18.7 Å². The molecule has 0 unspecified atom stereocenters. The zero-order valence-corrected chi connectivity index (χ0v) is 13.2. The Hall–Kier alpha value is -1.97. The highest BCUT2D eigenvalue weighted by atomic mass is 16.2. The summed E-state index contributed by atoms with van der Waals surface area (Å²) in [6.07, 6.45) is 2.25. The maximum absolute atomic E-state index is 11.9. The fourth-order valence-electron chi connectivity index (χ4n) is 2.60. The number of nitrogens with zero attached hydrogens (tertiary/aromatic N) is 1. The van der Waals surface area contributed by atoms with Gasteiger partial charge in [-0.25, -0.2) is 4.79 Å². The largest absolute Gasteiger partial charge is 0.357 e. The van der Waals surface area contributed by atoms with Crippen LogP contribution < -0.4 is 5.32 Å². The summed E-state index contributed by atoms with van der Waals surface area (Å²) in [5, 5.41) is 4.16. The van der Waals surface area contributed by atoms with Gasteiger partial charge in [-0.1, -0.05) is 26.0 Å². The second kappa shape index (κ2) is 7.16. The summed E-state index contributed by atoms with van der Waals surface area (Å²) in [5.41, 5.74) is 3.42. The smallest absolute Gasteiger partial charge is 0.317 e. The van der Waals surface area contributed by atoms with Crippen molar-refractivity contribution in [3.8, 4) is 0 Å². The lowest BCUT2D eigenvalue weighted by Gasteiger charge is -2.15. The molecule has 1 aliphatic rings. The third-order valence-electron chi connectivity index (χ3n) is 3.66. The summed E-state index contributed by atoms with van der Waals surface area (Å²) in [7, 11) is 0. The van der Waals surface area contributed by atoms with Crippen molar-refractivity contribution >= 4 is 16.9 Å². The Morgan fingerprint density at radius 1 is 1.24 bits per heavy atom. The van der Waals surface area contributed by atoms with Crippen molar-refractivity contribution < 1.29 is 4.79 Å². The lowest BCUT2D eigenvalue weighted by molar-refractivity contribution is 0.208. The van der Waals surface area contributed by atoms with Crippen molar-refractivity contribution in [2.24, 2.45) is 0 Å². The molecule has 0 bridgehead atoms. The lowest BCUT2D eigenvalue weighted by Crippen LogP contribution is -2.37. The summed E-state index contributed by atoms with van der Waals surface area (Å²) < 4.78 is 0. The molecule has 21 heavy (non-hydrogen) atoms. The predicted octanol–water partition coefficient (Wildman–Crippen LogP) is 3.81. The van der Waals surface area contributed by atoms with E-state index in [2.05, 4.69) is 41.5 Å². The zero-order valence-electron chi connectivity index (χ0n) is 13.2. The second-order valence-corrected chi connectivity index (χ2v) is 5.24. The molecular formula is C17H25N3O. The van der Waals surface area contributed by atoms with Crippen LogP contribution in [0.5, 0.6) is 0 Å². The van der Waals surface area contributed by atoms with Gasteiger partial charge in [0.15, 0.2) is 0 Å². The maximum atomic E-state index is 11.9. The number of aryl methyl sites for hydroxylation is 1. The summed E-state index contributed by atoms with van der Waals surface area (Å²) in [4.78, 5) is 17.1. The molecule has 1 aromatic carbocycles. The van der Waals surface area contributed by atoms with E-state index < -0.39 is 0 Å². The maximum Gasteiger partial charge on any atom is 0.317 e. The van der Waals surface area contributed by atoms with Crippen LogP contribution in [-0.2, 0) is 6.54 Å². The number of nitrogens with one attached hydrogen (secondary N) is 2. The summed E-state index contributed by atoms with van der Waals surface area (Å²) in [6, 6.07) is 8.47. The molecule has 0 aliphatic carbocycles. The highest BCUT2D eigenvalue weighted by molar-refractivity contribution is 5.81. The minimum Gasteiger partial charge on any atom is -0.357 e. The molecule has 1 aromatic heterocycles. The van der Waals surface area contributed by atoms with Crippen LogP contribution in [0.25, 0.3) is 10.9 Å². The van der Waals surface area contributed by atoms with Crippen molar-refractivity contribution in [1.82, 2.24) is 15.2 Å². The SMILES string of the molecule is CC.Cc1ccc2cc(CNC(=O)N3CCCC3)[nH]c2c1. The van der Waals surface area contributed by atoms with E-state index >= 15 is 0 Å². The van der Waals surface area contributed by atoms with Crippen molar-refractivity contribution in [3.63, 3.8) is 0 Å². The second-order valence-electron chi connectivity index (χ2n) is 5.24. The lowest BCUT2D eigenvalue weighted by atomic mass is 10.2. The molecule has 4 heteroatoms. The molecule has 2 aromatic rings. The zero-order chi connectivity index (χ0) is 15.2. The third-order valence-corrected chi connectivity index (χ3v) is 3.66. The number of fused-ring (bicyclic) bond motifs is 1. The molecule has 114 valence electrons. The highest BCUT2D eigenvalue weighted by Crippen LogP contribution is 2.17. The van der Waals surface area contributed by atoms with Gasteiger partial charge in [0.25, 0.3) is 0 Å². The van der Waals surface area contributed by atoms with E-state index in [9.17, 15) is 4.79 Å². The molecule has 0 atom stereocenters. The first-order valence-electron chi connectivity index (χ1n) is 7.83. The fourth-order valence-corrected chi connectivity index (χ4v) is 2.60. The monoisotopic (exact) mass is 287 g/mol. The molecule has 3 rings (SSSR count). The highest BCUT2D eigenvalue weighted by Gasteiger charge is 2.17. The molecule has 0 saturated carbocycles. The quantitative estimate of drug-likeness (QED) is 0.867. The van der Waals surface area contributed by atoms with Crippen LogP contribution in [-0.4, -0.2) is 29.0 Å². The standard InChI is InChI=1S/C15H19N3O.C2H6/c1-11-4-5-12-9-13(17-14(12)8-11)10-16-15(19)18-6-2-3-7-18;1-2/h4-5,8-9,17H,2-3,6-7,10H2,1H3,(H,16,19);1-2H3. The average molecular weight is 287 g/mol. The van der Waals surface area contributed by atoms with Gasteiger partial charge in [-0.15, -0.1) is 0 Å². The predicted molar refractivity (Wildman–Crippen MR) is 87.4 cm³/mol. The first kappa shape index (κ1) is 15.4. The number of hydrogen-bond acceptors (Lipinski definition) is 1. The Morgan fingerprint density at radius 2 is 1.95 bits per heavy atom. The van der Waals surface area contributed by atoms with E-state index in [1.165, 1.54) is 10.9 Å². The minimum absolute atomic E-state index is 0.0485. The summed E-state index contributed by atoms with van der Waals surface area (Å²) >= 11 is 0. The molecule has 1 saturated heterocycles. The van der Waals surface area contributed by atoms with Crippen LogP contribution in [0.15, 0.2) is 24.3 Å². The van der Waals surface area contributed by atoms with E-state index in [0.29, 0.717) is 6.54 Å². The first-order valence-corrected chi connectivity index (χ1v) is 7.83. The van der Waals surface area contributed by atoms with Crippen LogP contribution in [0, 0.1) is 6.92 Å². The Balaban J connectivity index is 0.000000774. The first-order chi connectivity index (χ1) is 10.2. The van der Waals surface area contributed by atoms with Crippen molar-refractivity contribution in [1.29, 1.82) is 0 Å². The van der Waals surface area contributed by atoms with Crippen LogP contribution in [0.4, 0.5) is 4.79 Å². The fraction of sp³-hybridized carbons (Fsp3) is 0.471. The molecule has 4 nitrogen and oxygen atoms in total.